The zero-order valence-electron chi connectivity index (χ0n) is 29.5. The van der Waals surface area contributed by atoms with Crippen LogP contribution in [0.1, 0.15) is 82.8 Å². The largest absolute Gasteiger partial charge is 0.416 e. The number of halogens is 3. The van der Waals surface area contributed by atoms with Crippen molar-refractivity contribution in [2.24, 2.45) is 22.2 Å². The van der Waals surface area contributed by atoms with Crippen molar-refractivity contribution < 1.29 is 17.9 Å². The summed E-state index contributed by atoms with van der Waals surface area (Å²) >= 11 is 0. The maximum Gasteiger partial charge on any atom is 0.416 e. The van der Waals surface area contributed by atoms with E-state index in [0.717, 1.165) is 47.9 Å². The van der Waals surface area contributed by atoms with Gasteiger partial charge in [-0.3, -0.25) is 9.56 Å². The highest BCUT2D eigenvalue weighted by atomic mass is 19.4. The number of H-pyrrole nitrogens is 1. The standard InChI is InChI=1S/C21H29N7O.C15H22F3NO/c1-21(2,3)17-11-15-13-28(20(29)27-18(15)26-17)16-7-5-14(6-8-16)12-24-9-4-10-25-19(22)23;1-10(19)8-20-9-11-5-12(14(2,3)4)7-13(6-11)15(16,17)18/h5-8,11,13,24H,4,9-10,12H2,1-3H3,(H4,22,23,25)(H,26,27,29);5-7,10H,8-9,19H2,1-4H3/t;10-/m.0/s1. The molecule has 49 heavy (non-hydrogen) atoms. The molecule has 268 valence electrons. The summed E-state index contributed by atoms with van der Waals surface area (Å²) in [5.74, 6) is 0.123. The molecule has 2 aromatic carbocycles. The van der Waals surface area contributed by atoms with E-state index in [1.165, 1.54) is 6.07 Å². The fourth-order valence-corrected chi connectivity index (χ4v) is 4.74. The minimum Gasteiger partial charge on any atom is -0.375 e. The highest BCUT2D eigenvalue weighted by Gasteiger charge is 2.32. The quantitative estimate of drug-likeness (QED) is 0.0777. The van der Waals surface area contributed by atoms with Crippen molar-refractivity contribution in [3.63, 3.8) is 0 Å². The Morgan fingerprint density at radius 2 is 1.63 bits per heavy atom. The lowest BCUT2D eigenvalue weighted by molar-refractivity contribution is -0.137. The number of rotatable bonds is 11. The molecule has 0 aliphatic rings. The number of hydrogen-bond acceptors (Lipinski definition) is 6. The molecule has 1 atom stereocenters. The van der Waals surface area contributed by atoms with Crippen LogP contribution in [0.4, 0.5) is 13.2 Å². The Morgan fingerprint density at radius 3 is 2.20 bits per heavy atom. The van der Waals surface area contributed by atoms with Gasteiger partial charge in [0.15, 0.2) is 5.96 Å². The lowest BCUT2D eigenvalue weighted by atomic mass is 9.85. The molecule has 4 rings (SSSR count). The Balaban J connectivity index is 0.000000286. The van der Waals surface area contributed by atoms with E-state index in [4.69, 9.17) is 21.9 Å². The van der Waals surface area contributed by atoms with Gasteiger partial charge in [-0.05, 0) is 72.3 Å². The lowest BCUT2D eigenvalue weighted by Gasteiger charge is -2.22. The first-order valence-electron chi connectivity index (χ1n) is 16.3. The molecule has 0 spiro atoms. The normalized spacial score (nSPS) is 12.8. The summed E-state index contributed by atoms with van der Waals surface area (Å²) in [5, 5.41) is 4.27. The van der Waals surface area contributed by atoms with Gasteiger partial charge in [-0.15, -0.1) is 0 Å². The molecule has 0 unspecified atom stereocenters. The van der Waals surface area contributed by atoms with Crippen LogP contribution in [0.2, 0.25) is 0 Å². The van der Waals surface area contributed by atoms with Gasteiger partial charge in [0, 0.05) is 41.8 Å². The van der Waals surface area contributed by atoms with Crippen LogP contribution in [0.3, 0.4) is 0 Å². The molecule has 2 aromatic heterocycles. The van der Waals surface area contributed by atoms with Crippen LogP contribution < -0.4 is 28.2 Å². The molecule has 0 aliphatic heterocycles. The van der Waals surface area contributed by atoms with Gasteiger partial charge in [0.1, 0.15) is 5.65 Å². The number of fused-ring (bicyclic) bond motifs is 1. The van der Waals surface area contributed by atoms with Crippen molar-refractivity contribution >= 4 is 17.0 Å². The summed E-state index contributed by atoms with van der Waals surface area (Å²) in [7, 11) is 0. The third kappa shape index (κ3) is 12.3. The SMILES string of the molecule is CC(C)(C)c1cc2cn(-c3ccc(CNCCCN=C(N)N)cc3)c(=O)nc2[nH]1.C[C@H](N)COCc1cc(C(C)(C)C)cc(C(F)(F)F)c1. The van der Waals surface area contributed by atoms with Gasteiger partial charge >= 0.3 is 11.9 Å². The summed E-state index contributed by atoms with van der Waals surface area (Å²) in [6.07, 6.45) is -1.64. The smallest absolute Gasteiger partial charge is 0.375 e. The maximum atomic E-state index is 12.9. The minimum absolute atomic E-state index is 0.0352. The molecule has 4 aromatic rings. The molecule has 2 heterocycles. The summed E-state index contributed by atoms with van der Waals surface area (Å²) in [6, 6.07) is 13.9. The van der Waals surface area contributed by atoms with Gasteiger partial charge in [-0.1, -0.05) is 59.7 Å². The van der Waals surface area contributed by atoms with Crippen molar-refractivity contribution in [3.05, 3.63) is 93.2 Å². The first-order valence-corrected chi connectivity index (χ1v) is 16.3. The first-order chi connectivity index (χ1) is 22.7. The molecule has 0 radical (unpaired) electrons. The van der Waals surface area contributed by atoms with E-state index >= 15 is 0 Å². The summed E-state index contributed by atoms with van der Waals surface area (Å²) < 4.78 is 45.7. The number of nitrogens with two attached hydrogens (primary N) is 3. The van der Waals surface area contributed by atoms with E-state index in [0.29, 0.717) is 29.9 Å². The number of benzene rings is 2. The zero-order valence-corrected chi connectivity index (χ0v) is 29.5. The third-order valence-electron chi connectivity index (χ3n) is 7.50. The van der Waals surface area contributed by atoms with Crippen molar-refractivity contribution in [1.82, 2.24) is 19.9 Å². The van der Waals surface area contributed by atoms with Gasteiger partial charge in [-0.2, -0.15) is 18.2 Å². The van der Waals surface area contributed by atoms with E-state index in [2.05, 4.69) is 47.1 Å². The molecule has 0 bridgehead atoms. The number of alkyl halides is 3. The summed E-state index contributed by atoms with van der Waals surface area (Å²) in [5.41, 5.74) is 19.6. The van der Waals surface area contributed by atoms with Crippen molar-refractivity contribution in [2.75, 3.05) is 19.7 Å². The Morgan fingerprint density at radius 1 is 0.980 bits per heavy atom. The molecule has 10 nitrogen and oxygen atoms in total. The number of nitrogens with one attached hydrogen (secondary N) is 2. The molecule has 13 heteroatoms. The molecule has 8 N–H and O–H groups in total. The Labute approximate surface area is 286 Å². The van der Waals surface area contributed by atoms with Crippen LogP contribution in [0.15, 0.2) is 64.5 Å². The van der Waals surface area contributed by atoms with Crippen LogP contribution in [-0.4, -0.2) is 46.2 Å². The fraction of sp³-hybridized carbons (Fsp3) is 0.472. The van der Waals surface area contributed by atoms with Gasteiger partial charge < -0.3 is 32.2 Å². The second-order valence-electron chi connectivity index (χ2n) is 14.3. The number of guanidine groups is 1. The second-order valence-corrected chi connectivity index (χ2v) is 14.3. The molecule has 0 aliphatic carbocycles. The lowest BCUT2D eigenvalue weighted by Crippen LogP contribution is -2.23. The number of hydrogen-bond donors (Lipinski definition) is 5. The highest BCUT2D eigenvalue weighted by molar-refractivity contribution is 5.76. The topological polar surface area (TPSA) is 162 Å². The van der Waals surface area contributed by atoms with Gasteiger partial charge in [0.05, 0.1) is 24.5 Å². The number of aromatic nitrogens is 3. The zero-order chi connectivity index (χ0) is 36.6. The minimum atomic E-state index is -4.35. The molecular formula is C36H51F3N8O2. The Hall–Kier alpha value is -4.20. The molecule has 0 amide bonds. The first kappa shape index (κ1) is 39.2. The molecule has 0 saturated carbocycles. The predicted molar refractivity (Wildman–Crippen MR) is 191 cm³/mol. The molecule has 0 fully saturated rings. The molecular weight excluding hydrogens is 633 g/mol. The third-order valence-corrected chi connectivity index (χ3v) is 7.50. The van der Waals surface area contributed by atoms with Crippen LogP contribution >= 0.6 is 0 Å². The van der Waals surface area contributed by atoms with E-state index in [9.17, 15) is 18.0 Å². The fourth-order valence-electron chi connectivity index (χ4n) is 4.74. The number of aromatic amines is 1. The predicted octanol–water partition coefficient (Wildman–Crippen LogP) is 5.63. The van der Waals surface area contributed by atoms with E-state index in [1.54, 1.807) is 17.6 Å². The van der Waals surface area contributed by atoms with Gasteiger partial charge in [-0.25, -0.2) is 4.79 Å². The van der Waals surface area contributed by atoms with Crippen LogP contribution in [0.5, 0.6) is 0 Å². The summed E-state index contributed by atoms with van der Waals surface area (Å²) in [6.45, 7) is 16.4. The average molecular weight is 685 g/mol. The highest BCUT2D eigenvalue weighted by Crippen LogP contribution is 2.34. The van der Waals surface area contributed by atoms with Crippen LogP contribution in [0, 0.1) is 0 Å². The number of aliphatic imine (C=N–C) groups is 1. The average Bonchev–Trinajstić information content (AvgIpc) is 3.41. The second kappa shape index (κ2) is 16.5. The van der Waals surface area contributed by atoms with Crippen molar-refractivity contribution in [2.45, 2.75) is 91.1 Å². The Bertz CT molecular complexity index is 1710. The Kier molecular flexibility index (Phi) is 13.2. The molecule has 0 saturated heterocycles. The van der Waals surface area contributed by atoms with Gasteiger partial charge in [0.25, 0.3) is 0 Å². The van der Waals surface area contributed by atoms with E-state index in [1.807, 2.05) is 51.2 Å². The maximum absolute atomic E-state index is 12.9. The number of ether oxygens (including phenoxy) is 1. The number of nitrogens with zero attached hydrogens (tertiary/aromatic N) is 3. The van der Waals surface area contributed by atoms with E-state index < -0.39 is 11.7 Å². The van der Waals surface area contributed by atoms with Crippen LogP contribution in [-0.2, 0) is 34.9 Å². The van der Waals surface area contributed by atoms with Crippen molar-refractivity contribution in [3.8, 4) is 5.69 Å². The van der Waals surface area contributed by atoms with E-state index in [-0.39, 0.29) is 35.1 Å². The summed E-state index contributed by atoms with van der Waals surface area (Å²) in [4.78, 5) is 23.9. The van der Waals surface area contributed by atoms with Crippen molar-refractivity contribution in [1.29, 1.82) is 0 Å². The van der Waals surface area contributed by atoms with Gasteiger partial charge in [0.2, 0.25) is 0 Å². The van der Waals surface area contributed by atoms with Crippen LogP contribution in [0.25, 0.3) is 16.7 Å². The monoisotopic (exact) mass is 684 g/mol.